The minimum Gasteiger partial charge on any atom is -0.345 e. The molecule has 1 aromatic carbocycles. The maximum Gasteiger partial charge on any atom is 0.253 e. The average molecular weight is 274 g/mol. The zero-order valence-electron chi connectivity index (χ0n) is 12.4. The zero-order chi connectivity index (χ0) is 14.7. The molecule has 0 bridgehead atoms. The van der Waals surface area contributed by atoms with Crippen molar-refractivity contribution in [2.45, 2.75) is 25.7 Å². The van der Waals surface area contributed by atoms with Gasteiger partial charge in [-0.1, -0.05) is 12.1 Å². The Labute approximate surface area is 120 Å². The molecule has 108 valence electrons. The summed E-state index contributed by atoms with van der Waals surface area (Å²) in [7, 11) is 3.53. The summed E-state index contributed by atoms with van der Waals surface area (Å²) in [6.45, 7) is 3.24. The summed E-state index contributed by atoms with van der Waals surface area (Å²) in [6.07, 6.45) is 1.94. The van der Waals surface area contributed by atoms with E-state index >= 15 is 0 Å². The van der Waals surface area contributed by atoms with E-state index < -0.39 is 0 Å². The molecule has 0 unspecified atom stereocenters. The second-order valence-corrected chi connectivity index (χ2v) is 5.61. The minimum atomic E-state index is 0.0352. The van der Waals surface area contributed by atoms with E-state index in [1.165, 1.54) is 5.56 Å². The Hall–Kier alpha value is -1.84. The summed E-state index contributed by atoms with van der Waals surface area (Å²) in [5, 5.41) is 0. The Morgan fingerprint density at radius 2 is 1.85 bits per heavy atom. The molecule has 0 saturated carbocycles. The Balaban J connectivity index is 2.09. The van der Waals surface area contributed by atoms with Crippen LogP contribution in [0.3, 0.4) is 0 Å². The third-order valence-corrected chi connectivity index (χ3v) is 3.95. The summed E-state index contributed by atoms with van der Waals surface area (Å²) in [4.78, 5) is 26.8. The number of piperidine rings is 1. The van der Waals surface area contributed by atoms with Crippen molar-refractivity contribution < 1.29 is 9.59 Å². The molecule has 0 atom stereocenters. The van der Waals surface area contributed by atoms with E-state index in [0.717, 1.165) is 31.5 Å². The molecule has 2 amide bonds. The molecule has 4 heteroatoms. The number of hydrogen-bond donors (Lipinski definition) is 0. The normalized spacial score (nSPS) is 16.1. The lowest BCUT2D eigenvalue weighted by Crippen LogP contribution is -2.36. The Kier molecular flexibility index (Phi) is 4.42. The van der Waals surface area contributed by atoms with Crippen molar-refractivity contribution in [2.75, 3.05) is 27.2 Å². The lowest BCUT2D eigenvalue weighted by atomic mass is 9.88. The molecular weight excluding hydrogens is 252 g/mol. The Bertz CT molecular complexity index is 503. The van der Waals surface area contributed by atoms with Gasteiger partial charge in [-0.15, -0.1) is 0 Å². The molecule has 1 aliphatic heterocycles. The van der Waals surface area contributed by atoms with Crippen LogP contribution >= 0.6 is 0 Å². The first-order valence-electron chi connectivity index (χ1n) is 7.06. The van der Waals surface area contributed by atoms with Crippen molar-refractivity contribution in [2.24, 2.45) is 0 Å². The number of amides is 2. The van der Waals surface area contributed by atoms with Crippen LogP contribution in [0.25, 0.3) is 0 Å². The molecule has 0 aromatic heterocycles. The van der Waals surface area contributed by atoms with Crippen LogP contribution in [0, 0.1) is 0 Å². The molecule has 1 fully saturated rings. The summed E-state index contributed by atoms with van der Waals surface area (Å²) in [5.74, 6) is 0.633. The molecule has 4 nitrogen and oxygen atoms in total. The highest BCUT2D eigenvalue weighted by Crippen LogP contribution is 2.28. The maximum atomic E-state index is 12.0. The average Bonchev–Trinajstić information content (AvgIpc) is 2.46. The van der Waals surface area contributed by atoms with Gasteiger partial charge in [0.05, 0.1) is 0 Å². The van der Waals surface area contributed by atoms with Crippen molar-refractivity contribution in [1.82, 2.24) is 9.80 Å². The Morgan fingerprint density at radius 1 is 1.20 bits per heavy atom. The van der Waals surface area contributed by atoms with Crippen LogP contribution in [-0.2, 0) is 4.79 Å². The molecule has 2 rings (SSSR count). The topological polar surface area (TPSA) is 40.6 Å². The van der Waals surface area contributed by atoms with Gasteiger partial charge in [0.15, 0.2) is 0 Å². The summed E-state index contributed by atoms with van der Waals surface area (Å²) in [5.41, 5.74) is 1.95. The van der Waals surface area contributed by atoms with Crippen LogP contribution in [-0.4, -0.2) is 48.8 Å². The number of nitrogens with zero attached hydrogens (tertiary/aromatic N) is 2. The highest BCUT2D eigenvalue weighted by molar-refractivity contribution is 5.94. The van der Waals surface area contributed by atoms with Crippen molar-refractivity contribution in [3.8, 4) is 0 Å². The van der Waals surface area contributed by atoms with Gasteiger partial charge in [-0.3, -0.25) is 9.59 Å². The Morgan fingerprint density at radius 3 is 2.40 bits per heavy atom. The summed E-state index contributed by atoms with van der Waals surface area (Å²) in [6, 6.07) is 7.89. The van der Waals surface area contributed by atoms with Crippen molar-refractivity contribution in [1.29, 1.82) is 0 Å². The molecule has 0 N–H and O–H groups in total. The lowest BCUT2D eigenvalue weighted by Gasteiger charge is -2.31. The van der Waals surface area contributed by atoms with Gasteiger partial charge in [-0.2, -0.15) is 0 Å². The molecule has 1 heterocycles. The predicted molar refractivity (Wildman–Crippen MR) is 78.7 cm³/mol. The van der Waals surface area contributed by atoms with Crippen LogP contribution < -0.4 is 0 Å². The van der Waals surface area contributed by atoms with E-state index in [1.807, 2.05) is 23.1 Å². The monoisotopic (exact) mass is 274 g/mol. The van der Waals surface area contributed by atoms with Crippen LogP contribution in [0.1, 0.15) is 41.6 Å². The fourth-order valence-electron chi connectivity index (χ4n) is 2.71. The maximum absolute atomic E-state index is 12.0. The van der Waals surface area contributed by atoms with Gasteiger partial charge in [0.25, 0.3) is 5.91 Å². The highest BCUT2D eigenvalue weighted by atomic mass is 16.2. The number of carbonyl (C=O) groups excluding carboxylic acids is 2. The van der Waals surface area contributed by atoms with Crippen LogP contribution in [0.4, 0.5) is 0 Å². The molecule has 1 saturated heterocycles. The zero-order valence-corrected chi connectivity index (χ0v) is 12.4. The van der Waals surface area contributed by atoms with Crippen molar-refractivity contribution >= 4 is 11.8 Å². The molecule has 0 radical (unpaired) electrons. The third kappa shape index (κ3) is 3.18. The second-order valence-electron chi connectivity index (χ2n) is 5.61. The minimum absolute atomic E-state index is 0.0352. The van der Waals surface area contributed by atoms with Crippen molar-refractivity contribution in [3.63, 3.8) is 0 Å². The number of likely N-dealkylation sites (tertiary alicyclic amines) is 1. The van der Waals surface area contributed by atoms with E-state index in [2.05, 4.69) is 6.07 Å². The largest absolute Gasteiger partial charge is 0.345 e. The molecule has 0 spiro atoms. The van der Waals surface area contributed by atoms with Gasteiger partial charge >= 0.3 is 0 Å². The number of hydrogen-bond acceptors (Lipinski definition) is 2. The van der Waals surface area contributed by atoms with Gasteiger partial charge in [-0.25, -0.2) is 0 Å². The van der Waals surface area contributed by atoms with Crippen molar-refractivity contribution in [3.05, 3.63) is 35.4 Å². The van der Waals surface area contributed by atoms with Crippen LogP contribution in [0.5, 0.6) is 0 Å². The van der Waals surface area contributed by atoms with E-state index in [0.29, 0.717) is 5.92 Å². The number of rotatable bonds is 2. The quantitative estimate of drug-likeness (QED) is 0.829. The number of carbonyl (C=O) groups is 2. The first kappa shape index (κ1) is 14.6. The summed E-state index contributed by atoms with van der Waals surface area (Å²) < 4.78 is 0. The van der Waals surface area contributed by atoms with E-state index in [1.54, 1.807) is 25.9 Å². The number of benzene rings is 1. The fraction of sp³-hybridized carbons (Fsp3) is 0.500. The third-order valence-electron chi connectivity index (χ3n) is 3.95. The van der Waals surface area contributed by atoms with Crippen LogP contribution in [0.2, 0.25) is 0 Å². The van der Waals surface area contributed by atoms with Crippen LogP contribution in [0.15, 0.2) is 24.3 Å². The SMILES string of the molecule is CC(=O)N1CCC(c2cccc(C(=O)N(C)C)c2)CC1. The standard InChI is InChI=1S/C16H22N2O2/c1-12(19)18-9-7-13(8-10-18)14-5-4-6-15(11-14)16(20)17(2)3/h4-6,11,13H,7-10H2,1-3H3. The van der Waals surface area contributed by atoms with E-state index in [9.17, 15) is 9.59 Å². The molecular formula is C16H22N2O2. The van der Waals surface area contributed by atoms with Gasteiger partial charge in [-0.05, 0) is 36.5 Å². The lowest BCUT2D eigenvalue weighted by molar-refractivity contribution is -0.129. The van der Waals surface area contributed by atoms with E-state index in [-0.39, 0.29) is 11.8 Å². The predicted octanol–water partition coefficient (Wildman–Crippen LogP) is 2.11. The van der Waals surface area contributed by atoms with E-state index in [4.69, 9.17) is 0 Å². The molecule has 0 aliphatic carbocycles. The molecule has 1 aromatic rings. The molecule has 20 heavy (non-hydrogen) atoms. The van der Waals surface area contributed by atoms with Gasteiger partial charge < -0.3 is 9.80 Å². The van der Waals surface area contributed by atoms with Gasteiger partial charge in [0, 0.05) is 39.7 Å². The van der Waals surface area contributed by atoms with Gasteiger partial charge in [0.1, 0.15) is 0 Å². The summed E-state index contributed by atoms with van der Waals surface area (Å²) >= 11 is 0. The molecule has 1 aliphatic rings. The smallest absolute Gasteiger partial charge is 0.253 e. The fourth-order valence-corrected chi connectivity index (χ4v) is 2.71. The van der Waals surface area contributed by atoms with Gasteiger partial charge in [0.2, 0.25) is 5.91 Å². The first-order chi connectivity index (χ1) is 9.49. The second kappa shape index (κ2) is 6.07. The first-order valence-corrected chi connectivity index (χ1v) is 7.06. The highest BCUT2D eigenvalue weighted by Gasteiger charge is 2.22.